The third kappa shape index (κ3) is 2.77. The number of aryl methyl sites for hydroxylation is 1. The molecule has 0 saturated heterocycles. The fourth-order valence-corrected chi connectivity index (χ4v) is 1.59. The monoisotopic (exact) mass is 193 g/mol. The Morgan fingerprint density at radius 1 is 1.50 bits per heavy atom. The van der Waals surface area contributed by atoms with Gasteiger partial charge in [-0.1, -0.05) is 20.3 Å². The summed E-state index contributed by atoms with van der Waals surface area (Å²) in [6.07, 6.45) is 4.08. The van der Waals surface area contributed by atoms with Gasteiger partial charge in [0.1, 0.15) is 5.82 Å². The molecule has 2 atom stereocenters. The maximum Gasteiger partial charge on any atom is 0.125 e. The average Bonchev–Trinajstić information content (AvgIpc) is 2.17. The van der Waals surface area contributed by atoms with Crippen molar-refractivity contribution in [2.45, 2.75) is 39.7 Å². The van der Waals surface area contributed by atoms with E-state index in [1.165, 1.54) is 6.42 Å². The molecule has 1 heterocycles. The molecule has 0 bridgehead atoms. The fraction of sp³-hybridized carbons (Fsp3) is 0.636. The first-order valence-corrected chi connectivity index (χ1v) is 5.20. The molecular formula is C11H19N3. The van der Waals surface area contributed by atoms with Crippen LogP contribution in [0.4, 0.5) is 0 Å². The number of hydrogen-bond acceptors (Lipinski definition) is 3. The van der Waals surface area contributed by atoms with E-state index >= 15 is 0 Å². The van der Waals surface area contributed by atoms with E-state index in [4.69, 9.17) is 5.73 Å². The summed E-state index contributed by atoms with van der Waals surface area (Å²) in [7, 11) is 0. The second-order valence-electron chi connectivity index (χ2n) is 3.82. The Morgan fingerprint density at radius 3 is 2.79 bits per heavy atom. The van der Waals surface area contributed by atoms with Crippen molar-refractivity contribution >= 4 is 0 Å². The minimum Gasteiger partial charge on any atom is -0.322 e. The molecule has 2 N–H and O–H groups in total. The van der Waals surface area contributed by atoms with E-state index in [1.54, 1.807) is 6.20 Å². The number of hydrogen-bond donors (Lipinski definition) is 1. The van der Waals surface area contributed by atoms with Crippen LogP contribution >= 0.6 is 0 Å². The Labute approximate surface area is 85.8 Å². The van der Waals surface area contributed by atoms with Crippen molar-refractivity contribution in [2.75, 3.05) is 0 Å². The topological polar surface area (TPSA) is 51.8 Å². The number of nitrogens with zero attached hydrogens (tertiary/aromatic N) is 2. The molecule has 1 rings (SSSR count). The molecule has 0 aliphatic carbocycles. The molecule has 0 amide bonds. The molecule has 0 spiro atoms. The Kier molecular flexibility index (Phi) is 4.01. The SMILES string of the molecule is CCCC(C)C(N)c1ccnc(C)n1. The lowest BCUT2D eigenvalue weighted by Crippen LogP contribution is -2.20. The zero-order valence-corrected chi connectivity index (χ0v) is 9.20. The van der Waals surface area contributed by atoms with Crippen molar-refractivity contribution in [2.24, 2.45) is 11.7 Å². The molecule has 0 aromatic carbocycles. The molecule has 3 heteroatoms. The van der Waals surface area contributed by atoms with Crippen LogP contribution in [0.3, 0.4) is 0 Å². The van der Waals surface area contributed by atoms with Crippen LogP contribution in [0.2, 0.25) is 0 Å². The molecule has 2 unspecified atom stereocenters. The first-order valence-electron chi connectivity index (χ1n) is 5.20. The predicted molar refractivity (Wildman–Crippen MR) is 57.8 cm³/mol. The Hall–Kier alpha value is -0.960. The highest BCUT2D eigenvalue weighted by atomic mass is 14.9. The summed E-state index contributed by atoms with van der Waals surface area (Å²) in [6.45, 7) is 6.24. The molecule has 1 aromatic rings. The van der Waals surface area contributed by atoms with Crippen LogP contribution in [0.1, 0.15) is 44.2 Å². The second-order valence-corrected chi connectivity index (χ2v) is 3.82. The van der Waals surface area contributed by atoms with E-state index in [9.17, 15) is 0 Å². The number of aromatic nitrogens is 2. The molecule has 0 aliphatic rings. The van der Waals surface area contributed by atoms with Crippen molar-refractivity contribution in [3.8, 4) is 0 Å². The van der Waals surface area contributed by atoms with E-state index in [0.29, 0.717) is 5.92 Å². The van der Waals surface area contributed by atoms with Gasteiger partial charge >= 0.3 is 0 Å². The highest BCUT2D eigenvalue weighted by molar-refractivity contribution is 5.07. The van der Waals surface area contributed by atoms with Gasteiger partial charge in [-0.3, -0.25) is 0 Å². The molecule has 1 aromatic heterocycles. The van der Waals surface area contributed by atoms with Crippen LogP contribution in [0.15, 0.2) is 12.3 Å². The summed E-state index contributed by atoms with van der Waals surface area (Å²) in [4.78, 5) is 8.40. The smallest absolute Gasteiger partial charge is 0.125 e. The Morgan fingerprint density at radius 2 is 2.21 bits per heavy atom. The van der Waals surface area contributed by atoms with Crippen molar-refractivity contribution in [3.05, 3.63) is 23.8 Å². The molecule has 0 saturated carbocycles. The maximum atomic E-state index is 6.10. The first-order chi connectivity index (χ1) is 6.65. The van der Waals surface area contributed by atoms with Gasteiger partial charge in [0.2, 0.25) is 0 Å². The molecule has 0 aliphatic heterocycles. The van der Waals surface area contributed by atoms with Crippen LogP contribution in [0.25, 0.3) is 0 Å². The van der Waals surface area contributed by atoms with Gasteiger partial charge in [-0.2, -0.15) is 0 Å². The molecule has 0 radical (unpaired) electrons. The van der Waals surface area contributed by atoms with E-state index in [0.717, 1.165) is 17.9 Å². The van der Waals surface area contributed by atoms with Gasteiger partial charge in [0.25, 0.3) is 0 Å². The number of nitrogens with two attached hydrogens (primary N) is 1. The van der Waals surface area contributed by atoms with Gasteiger partial charge in [-0.05, 0) is 25.3 Å². The molecule has 14 heavy (non-hydrogen) atoms. The molecule has 0 fully saturated rings. The van der Waals surface area contributed by atoms with E-state index < -0.39 is 0 Å². The van der Waals surface area contributed by atoms with Crippen molar-refractivity contribution in [1.29, 1.82) is 0 Å². The highest BCUT2D eigenvalue weighted by Crippen LogP contribution is 2.21. The highest BCUT2D eigenvalue weighted by Gasteiger charge is 2.15. The molecular weight excluding hydrogens is 174 g/mol. The van der Waals surface area contributed by atoms with Crippen LogP contribution in [0.5, 0.6) is 0 Å². The van der Waals surface area contributed by atoms with Gasteiger partial charge in [-0.25, -0.2) is 9.97 Å². The van der Waals surface area contributed by atoms with Crippen molar-refractivity contribution < 1.29 is 0 Å². The van der Waals surface area contributed by atoms with Crippen LogP contribution in [-0.2, 0) is 0 Å². The van der Waals surface area contributed by atoms with Gasteiger partial charge < -0.3 is 5.73 Å². The van der Waals surface area contributed by atoms with E-state index in [2.05, 4.69) is 23.8 Å². The van der Waals surface area contributed by atoms with Crippen molar-refractivity contribution in [3.63, 3.8) is 0 Å². The third-order valence-corrected chi connectivity index (χ3v) is 2.50. The summed E-state index contributed by atoms with van der Waals surface area (Å²) < 4.78 is 0. The fourth-order valence-electron chi connectivity index (χ4n) is 1.59. The minimum absolute atomic E-state index is 0.0386. The predicted octanol–water partition coefficient (Wildman–Crippen LogP) is 2.22. The summed E-state index contributed by atoms with van der Waals surface area (Å²) in [6, 6.07) is 1.95. The lowest BCUT2D eigenvalue weighted by Gasteiger charge is -2.18. The Balaban J connectivity index is 2.73. The Bertz CT molecular complexity index is 286. The van der Waals surface area contributed by atoms with Gasteiger partial charge in [-0.15, -0.1) is 0 Å². The largest absolute Gasteiger partial charge is 0.322 e. The lowest BCUT2D eigenvalue weighted by molar-refractivity contribution is 0.425. The normalized spacial score (nSPS) is 15.1. The summed E-state index contributed by atoms with van der Waals surface area (Å²) >= 11 is 0. The maximum absolute atomic E-state index is 6.10. The zero-order chi connectivity index (χ0) is 10.6. The summed E-state index contributed by atoms with van der Waals surface area (Å²) in [5.41, 5.74) is 7.06. The van der Waals surface area contributed by atoms with Gasteiger partial charge in [0, 0.05) is 12.2 Å². The molecule has 3 nitrogen and oxygen atoms in total. The zero-order valence-electron chi connectivity index (χ0n) is 9.20. The number of rotatable bonds is 4. The molecule has 78 valence electrons. The van der Waals surface area contributed by atoms with E-state index in [1.807, 2.05) is 13.0 Å². The average molecular weight is 193 g/mol. The minimum atomic E-state index is 0.0386. The van der Waals surface area contributed by atoms with Crippen LogP contribution in [0, 0.1) is 12.8 Å². The van der Waals surface area contributed by atoms with Gasteiger partial charge in [0.15, 0.2) is 0 Å². The summed E-state index contributed by atoms with van der Waals surface area (Å²) in [5.74, 6) is 1.27. The van der Waals surface area contributed by atoms with Crippen LogP contribution in [-0.4, -0.2) is 9.97 Å². The summed E-state index contributed by atoms with van der Waals surface area (Å²) in [5, 5.41) is 0. The van der Waals surface area contributed by atoms with Crippen LogP contribution < -0.4 is 5.73 Å². The lowest BCUT2D eigenvalue weighted by atomic mass is 9.95. The quantitative estimate of drug-likeness (QED) is 0.797. The first kappa shape index (κ1) is 11.1. The standard InChI is InChI=1S/C11H19N3/c1-4-5-8(2)11(12)10-6-7-13-9(3)14-10/h6-8,11H,4-5,12H2,1-3H3. The second kappa shape index (κ2) is 5.05. The third-order valence-electron chi connectivity index (χ3n) is 2.50. The van der Waals surface area contributed by atoms with Gasteiger partial charge in [0.05, 0.1) is 5.69 Å². The van der Waals surface area contributed by atoms with Crippen molar-refractivity contribution in [1.82, 2.24) is 9.97 Å². The van der Waals surface area contributed by atoms with E-state index in [-0.39, 0.29) is 6.04 Å².